The molecule has 1 aromatic carbocycles. The number of fused-ring (bicyclic) bond motifs is 1. The zero-order chi connectivity index (χ0) is 14.2. The molecule has 2 N–H and O–H groups in total. The number of methoxy groups -OCH3 is 1. The van der Waals surface area contributed by atoms with E-state index in [2.05, 4.69) is 30.1 Å². The molecule has 2 aliphatic rings. The summed E-state index contributed by atoms with van der Waals surface area (Å²) < 4.78 is 5.43. The van der Waals surface area contributed by atoms with Gasteiger partial charge in [0.25, 0.3) is 0 Å². The molecule has 0 saturated heterocycles. The van der Waals surface area contributed by atoms with Crippen LogP contribution in [0.25, 0.3) is 0 Å². The summed E-state index contributed by atoms with van der Waals surface area (Å²) in [6.45, 7) is 1.87. The minimum Gasteiger partial charge on any atom is -0.497 e. The molecule has 20 heavy (non-hydrogen) atoms. The number of ether oxygens (including phenoxy) is 1. The minimum absolute atomic E-state index is 0.00468. The van der Waals surface area contributed by atoms with Gasteiger partial charge >= 0.3 is 0 Å². The molecule has 3 nitrogen and oxygen atoms in total. The molecule has 0 amide bonds. The van der Waals surface area contributed by atoms with Gasteiger partial charge in [-0.05, 0) is 68.3 Å². The SMILES string of the molecule is COc1ccc2c(c1)C(CN)(N(C)CC1CC1)CCC2. The third-order valence-electron chi connectivity index (χ3n) is 5.15. The molecule has 0 radical (unpaired) electrons. The van der Waals surface area contributed by atoms with E-state index in [1.54, 1.807) is 7.11 Å². The summed E-state index contributed by atoms with van der Waals surface area (Å²) in [7, 11) is 3.99. The van der Waals surface area contributed by atoms with Crippen molar-refractivity contribution in [1.82, 2.24) is 4.90 Å². The first-order valence-electron chi connectivity index (χ1n) is 7.78. The lowest BCUT2D eigenvalue weighted by molar-refractivity contribution is 0.0981. The molecular weight excluding hydrogens is 248 g/mol. The van der Waals surface area contributed by atoms with Crippen LogP contribution in [0.1, 0.15) is 36.8 Å². The van der Waals surface area contributed by atoms with Gasteiger partial charge in [-0.25, -0.2) is 0 Å². The summed E-state index contributed by atoms with van der Waals surface area (Å²) in [5, 5.41) is 0. The van der Waals surface area contributed by atoms with Crippen molar-refractivity contribution in [3.05, 3.63) is 29.3 Å². The van der Waals surface area contributed by atoms with Crippen molar-refractivity contribution in [1.29, 1.82) is 0 Å². The highest BCUT2D eigenvalue weighted by atomic mass is 16.5. The van der Waals surface area contributed by atoms with E-state index in [4.69, 9.17) is 10.5 Å². The van der Waals surface area contributed by atoms with Crippen LogP contribution in [0.15, 0.2) is 18.2 Å². The number of rotatable bonds is 5. The van der Waals surface area contributed by atoms with Crippen LogP contribution in [0.2, 0.25) is 0 Å². The summed E-state index contributed by atoms with van der Waals surface area (Å²) >= 11 is 0. The first kappa shape index (κ1) is 13.9. The molecule has 1 fully saturated rings. The highest BCUT2D eigenvalue weighted by Gasteiger charge is 2.41. The average molecular weight is 274 g/mol. The highest BCUT2D eigenvalue weighted by Crippen LogP contribution is 2.42. The minimum atomic E-state index is 0.00468. The molecule has 0 aliphatic heterocycles. The van der Waals surface area contributed by atoms with Crippen LogP contribution in [-0.4, -0.2) is 32.1 Å². The number of likely N-dealkylation sites (N-methyl/N-ethyl adjacent to an activating group) is 1. The fourth-order valence-corrected chi connectivity index (χ4v) is 3.67. The van der Waals surface area contributed by atoms with Gasteiger partial charge in [-0.1, -0.05) is 6.07 Å². The van der Waals surface area contributed by atoms with Crippen LogP contribution in [0.3, 0.4) is 0 Å². The van der Waals surface area contributed by atoms with Crippen LogP contribution in [0, 0.1) is 5.92 Å². The first-order chi connectivity index (χ1) is 9.69. The van der Waals surface area contributed by atoms with Crippen molar-refractivity contribution in [3.8, 4) is 5.75 Å². The summed E-state index contributed by atoms with van der Waals surface area (Å²) in [5.74, 6) is 1.84. The van der Waals surface area contributed by atoms with Crippen molar-refractivity contribution in [2.24, 2.45) is 11.7 Å². The topological polar surface area (TPSA) is 38.5 Å². The van der Waals surface area contributed by atoms with E-state index in [0.29, 0.717) is 6.54 Å². The van der Waals surface area contributed by atoms with E-state index < -0.39 is 0 Å². The van der Waals surface area contributed by atoms with Crippen LogP contribution >= 0.6 is 0 Å². The lowest BCUT2D eigenvalue weighted by Gasteiger charge is -2.45. The molecule has 3 heteroatoms. The molecule has 1 atom stereocenters. The molecule has 1 aromatic rings. The third kappa shape index (κ3) is 2.33. The molecule has 0 spiro atoms. The van der Waals surface area contributed by atoms with Crippen molar-refractivity contribution in [3.63, 3.8) is 0 Å². The number of nitrogens with zero attached hydrogens (tertiary/aromatic N) is 1. The van der Waals surface area contributed by atoms with Gasteiger partial charge in [-0.3, -0.25) is 4.90 Å². The number of hydrogen-bond acceptors (Lipinski definition) is 3. The molecule has 1 saturated carbocycles. The van der Waals surface area contributed by atoms with Gasteiger partial charge < -0.3 is 10.5 Å². The predicted octanol–water partition coefficient (Wildman–Crippen LogP) is 2.53. The van der Waals surface area contributed by atoms with Crippen molar-refractivity contribution in [2.75, 3.05) is 27.2 Å². The standard InChI is InChI=1S/C17H26N2O/c1-19(11-13-5-6-13)17(12-18)9-3-4-14-7-8-15(20-2)10-16(14)17/h7-8,10,13H,3-6,9,11-12,18H2,1-2H3. The van der Waals surface area contributed by atoms with Gasteiger partial charge in [0.2, 0.25) is 0 Å². The number of benzene rings is 1. The molecule has 110 valence electrons. The Balaban J connectivity index is 1.98. The summed E-state index contributed by atoms with van der Waals surface area (Å²) in [5.41, 5.74) is 9.11. The van der Waals surface area contributed by atoms with Gasteiger partial charge in [-0.15, -0.1) is 0 Å². The predicted molar refractivity (Wildman–Crippen MR) is 82.0 cm³/mol. The maximum Gasteiger partial charge on any atom is 0.119 e. The van der Waals surface area contributed by atoms with Crippen molar-refractivity contribution < 1.29 is 4.74 Å². The maximum absolute atomic E-state index is 6.26. The molecule has 1 unspecified atom stereocenters. The molecule has 0 bridgehead atoms. The molecule has 3 rings (SSSR count). The van der Waals surface area contributed by atoms with Gasteiger partial charge in [0.05, 0.1) is 12.6 Å². The highest BCUT2D eigenvalue weighted by molar-refractivity contribution is 5.42. The number of nitrogens with two attached hydrogens (primary N) is 1. The van der Waals surface area contributed by atoms with Gasteiger partial charge in [0.15, 0.2) is 0 Å². The molecule has 0 aromatic heterocycles. The Morgan fingerprint density at radius 2 is 2.20 bits per heavy atom. The number of aryl methyl sites for hydroxylation is 1. The Bertz CT molecular complexity index is 484. The zero-order valence-corrected chi connectivity index (χ0v) is 12.7. The Labute approximate surface area is 122 Å². The van der Waals surface area contributed by atoms with Crippen LogP contribution in [-0.2, 0) is 12.0 Å². The second-order valence-corrected chi connectivity index (χ2v) is 6.44. The average Bonchev–Trinajstić information content (AvgIpc) is 3.29. The number of hydrogen-bond donors (Lipinski definition) is 1. The molecule has 0 heterocycles. The van der Waals surface area contributed by atoms with Gasteiger partial charge in [-0.2, -0.15) is 0 Å². The summed E-state index contributed by atoms with van der Waals surface area (Å²) in [6.07, 6.45) is 6.32. The quantitative estimate of drug-likeness (QED) is 0.896. The second kappa shape index (κ2) is 5.38. The van der Waals surface area contributed by atoms with E-state index in [9.17, 15) is 0 Å². The lowest BCUT2D eigenvalue weighted by Crippen LogP contribution is -2.52. The fourth-order valence-electron chi connectivity index (χ4n) is 3.67. The maximum atomic E-state index is 6.26. The largest absolute Gasteiger partial charge is 0.497 e. The summed E-state index contributed by atoms with van der Waals surface area (Å²) in [6, 6.07) is 6.51. The fraction of sp³-hybridized carbons (Fsp3) is 0.647. The normalized spacial score (nSPS) is 25.6. The smallest absolute Gasteiger partial charge is 0.119 e. The van der Waals surface area contributed by atoms with Crippen molar-refractivity contribution >= 4 is 0 Å². The van der Waals surface area contributed by atoms with Crippen LogP contribution < -0.4 is 10.5 Å². The third-order valence-corrected chi connectivity index (χ3v) is 5.15. The lowest BCUT2D eigenvalue weighted by atomic mass is 9.75. The van der Waals surface area contributed by atoms with Crippen LogP contribution in [0.4, 0.5) is 0 Å². The van der Waals surface area contributed by atoms with E-state index in [1.165, 1.54) is 43.4 Å². The van der Waals surface area contributed by atoms with Gasteiger partial charge in [0, 0.05) is 13.1 Å². The summed E-state index contributed by atoms with van der Waals surface area (Å²) in [4.78, 5) is 2.52. The second-order valence-electron chi connectivity index (χ2n) is 6.44. The Kier molecular flexibility index (Phi) is 3.74. The van der Waals surface area contributed by atoms with Crippen molar-refractivity contribution in [2.45, 2.75) is 37.6 Å². The Hall–Kier alpha value is -1.06. The van der Waals surface area contributed by atoms with E-state index in [1.807, 2.05) is 0 Å². The van der Waals surface area contributed by atoms with E-state index >= 15 is 0 Å². The Morgan fingerprint density at radius 1 is 1.40 bits per heavy atom. The van der Waals surface area contributed by atoms with E-state index in [-0.39, 0.29) is 5.54 Å². The molecule has 2 aliphatic carbocycles. The zero-order valence-electron chi connectivity index (χ0n) is 12.7. The van der Waals surface area contributed by atoms with E-state index in [0.717, 1.165) is 18.1 Å². The monoisotopic (exact) mass is 274 g/mol. The first-order valence-corrected chi connectivity index (χ1v) is 7.78. The van der Waals surface area contributed by atoms with Gasteiger partial charge in [0.1, 0.15) is 5.75 Å². The Morgan fingerprint density at radius 3 is 2.85 bits per heavy atom. The van der Waals surface area contributed by atoms with Crippen LogP contribution in [0.5, 0.6) is 5.75 Å². The molecular formula is C17H26N2O.